The van der Waals surface area contributed by atoms with Gasteiger partial charge in [0.05, 0.1) is 17.1 Å². The highest BCUT2D eigenvalue weighted by atomic mass is 16.2. The lowest BCUT2D eigenvalue weighted by atomic mass is 10.1. The first kappa shape index (κ1) is 17.6. The first-order chi connectivity index (χ1) is 12.4. The summed E-state index contributed by atoms with van der Waals surface area (Å²) in [6.45, 7) is 5.66. The topological polar surface area (TPSA) is 101 Å². The summed E-state index contributed by atoms with van der Waals surface area (Å²) in [6, 6.07) is 10.4. The minimum Gasteiger partial charge on any atom is -0.368 e. The minimum absolute atomic E-state index is 0.160. The summed E-state index contributed by atoms with van der Waals surface area (Å²) in [4.78, 5) is 28.9. The lowest BCUT2D eigenvalue weighted by molar-refractivity contribution is -0.119. The van der Waals surface area contributed by atoms with Gasteiger partial charge in [-0.2, -0.15) is 5.10 Å². The molecule has 0 saturated carbocycles. The van der Waals surface area contributed by atoms with Crippen LogP contribution in [0.5, 0.6) is 0 Å². The molecule has 0 bridgehead atoms. The number of carbonyl (C=O) groups is 2. The van der Waals surface area contributed by atoms with Crippen LogP contribution < -0.4 is 16.1 Å². The van der Waals surface area contributed by atoms with Crippen LogP contribution in [0.3, 0.4) is 0 Å². The van der Waals surface area contributed by atoms with E-state index in [-0.39, 0.29) is 18.0 Å². The van der Waals surface area contributed by atoms with Crippen molar-refractivity contribution in [3.05, 3.63) is 53.3 Å². The molecular formula is C19H21N5O2. The van der Waals surface area contributed by atoms with Gasteiger partial charge in [0.1, 0.15) is 11.8 Å². The molecule has 0 spiro atoms. The Morgan fingerprint density at radius 2 is 1.88 bits per heavy atom. The second-order valence-electron chi connectivity index (χ2n) is 6.34. The maximum atomic E-state index is 12.7. The average Bonchev–Trinajstić information content (AvgIpc) is 3.04. The smallest absolute Gasteiger partial charge is 0.272 e. The highest BCUT2D eigenvalue weighted by molar-refractivity contribution is 6.44. The summed E-state index contributed by atoms with van der Waals surface area (Å²) in [6.07, 6.45) is 0.160. The van der Waals surface area contributed by atoms with Crippen LogP contribution in [0.4, 0.5) is 11.4 Å². The number of pyridine rings is 1. The molecule has 3 rings (SSSR count). The molecule has 0 aliphatic carbocycles. The van der Waals surface area contributed by atoms with Crippen LogP contribution in [-0.2, 0) is 9.59 Å². The van der Waals surface area contributed by atoms with Crippen LogP contribution in [0.15, 0.2) is 41.5 Å². The Balaban J connectivity index is 1.87. The van der Waals surface area contributed by atoms with E-state index in [2.05, 4.69) is 15.4 Å². The summed E-state index contributed by atoms with van der Waals surface area (Å²) in [5.74, 6) is -0.878. The molecule has 1 atom stereocenters. The highest BCUT2D eigenvalue weighted by Crippen LogP contribution is 2.25. The number of rotatable bonds is 4. The summed E-state index contributed by atoms with van der Waals surface area (Å²) in [7, 11) is 0. The number of nitrogens with two attached hydrogens (primary N) is 1. The number of hydrogen-bond acceptors (Lipinski definition) is 5. The van der Waals surface area contributed by atoms with E-state index >= 15 is 0 Å². The van der Waals surface area contributed by atoms with Gasteiger partial charge in [-0.1, -0.05) is 18.2 Å². The van der Waals surface area contributed by atoms with Gasteiger partial charge in [0.25, 0.3) is 5.91 Å². The Hall–Kier alpha value is -3.22. The number of nitrogens with zero attached hydrogens (tertiary/aromatic N) is 3. The van der Waals surface area contributed by atoms with Crippen LogP contribution in [0, 0.1) is 20.8 Å². The van der Waals surface area contributed by atoms with Gasteiger partial charge >= 0.3 is 0 Å². The maximum absolute atomic E-state index is 12.7. The fraction of sp³-hybridized carbons (Fsp3) is 0.263. The molecule has 1 aromatic carbocycles. The van der Waals surface area contributed by atoms with E-state index in [0.717, 1.165) is 17.0 Å². The van der Waals surface area contributed by atoms with E-state index in [1.54, 1.807) is 0 Å². The number of aromatic nitrogens is 1. The van der Waals surface area contributed by atoms with Crippen LogP contribution in [0.25, 0.3) is 0 Å². The van der Waals surface area contributed by atoms with Crippen molar-refractivity contribution < 1.29 is 9.59 Å². The van der Waals surface area contributed by atoms with E-state index in [9.17, 15) is 9.59 Å². The number of nitrogens with one attached hydrogen (secondary N) is 1. The predicted molar refractivity (Wildman–Crippen MR) is 101 cm³/mol. The number of amides is 2. The number of para-hydroxylation sites is 1. The van der Waals surface area contributed by atoms with E-state index in [0.29, 0.717) is 11.4 Å². The summed E-state index contributed by atoms with van der Waals surface area (Å²) < 4.78 is 0. The fourth-order valence-corrected chi connectivity index (χ4v) is 3.09. The van der Waals surface area contributed by atoms with Crippen molar-refractivity contribution in [3.8, 4) is 0 Å². The van der Waals surface area contributed by atoms with Crippen molar-refractivity contribution in [1.29, 1.82) is 0 Å². The number of hydrogen-bond donors (Lipinski definition) is 2. The zero-order valence-electron chi connectivity index (χ0n) is 15.0. The molecule has 2 aromatic rings. The monoisotopic (exact) mass is 351 g/mol. The van der Waals surface area contributed by atoms with Crippen molar-refractivity contribution in [2.45, 2.75) is 33.2 Å². The molecule has 2 amide bonds. The first-order valence-electron chi connectivity index (χ1n) is 8.34. The van der Waals surface area contributed by atoms with Gasteiger partial charge in [-0.3, -0.25) is 19.6 Å². The lowest BCUT2D eigenvalue weighted by Crippen LogP contribution is -2.39. The molecule has 26 heavy (non-hydrogen) atoms. The van der Waals surface area contributed by atoms with Gasteiger partial charge in [0.15, 0.2) is 0 Å². The molecule has 1 aliphatic rings. The predicted octanol–water partition coefficient (Wildman–Crippen LogP) is 2.07. The van der Waals surface area contributed by atoms with Crippen LogP contribution in [0.1, 0.15) is 23.4 Å². The first-order valence-corrected chi connectivity index (χ1v) is 8.34. The number of benzene rings is 1. The summed E-state index contributed by atoms with van der Waals surface area (Å²) >= 11 is 0. The van der Waals surface area contributed by atoms with E-state index < -0.39 is 11.9 Å². The van der Waals surface area contributed by atoms with Crippen LogP contribution in [-0.4, -0.2) is 28.6 Å². The van der Waals surface area contributed by atoms with Gasteiger partial charge in [-0.15, -0.1) is 0 Å². The molecule has 0 fully saturated rings. The molecule has 7 heteroatoms. The third-order valence-electron chi connectivity index (χ3n) is 4.29. The van der Waals surface area contributed by atoms with Crippen LogP contribution in [0.2, 0.25) is 0 Å². The average molecular weight is 351 g/mol. The molecule has 0 saturated heterocycles. The molecule has 1 aromatic heterocycles. The second kappa shape index (κ2) is 6.95. The van der Waals surface area contributed by atoms with Gasteiger partial charge in [-0.25, -0.2) is 0 Å². The quantitative estimate of drug-likeness (QED) is 0.880. The molecule has 1 unspecified atom stereocenters. The Morgan fingerprint density at radius 3 is 2.50 bits per heavy atom. The van der Waals surface area contributed by atoms with Gasteiger partial charge in [-0.05, 0) is 44.5 Å². The Bertz CT molecular complexity index is 869. The van der Waals surface area contributed by atoms with E-state index in [1.165, 1.54) is 5.01 Å². The zero-order chi connectivity index (χ0) is 18.8. The molecule has 7 nitrogen and oxygen atoms in total. The third-order valence-corrected chi connectivity index (χ3v) is 4.29. The van der Waals surface area contributed by atoms with Crippen molar-refractivity contribution in [1.82, 2.24) is 4.98 Å². The number of hydrazone groups is 1. The lowest BCUT2D eigenvalue weighted by Gasteiger charge is -2.20. The van der Waals surface area contributed by atoms with Gasteiger partial charge in [0.2, 0.25) is 5.91 Å². The number of primary amides is 1. The Kier molecular flexibility index (Phi) is 4.71. The van der Waals surface area contributed by atoms with Crippen LogP contribution >= 0.6 is 0 Å². The highest BCUT2D eigenvalue weighted by Gasteiger charge is 2.35. The van der Waals surface area contributed by atoms with Crippen molar-refractivity contribution in [2.75, 3.05) is 10.3 Å². The van der Waals surface area contributed by atoms with E-state index in [4.69, 9.17) is 5.73 Å². The summed E-state index contributed by atoms with van der Waals surface area (Å²) in [5, 5.41) is 8.72. The summed E-state index contributed by atoms with van der Waals surface area (Å²) in [5.41, 5.74) is 9.70. The number of anilines is 2. The molecule has 3 N–H and O–H groups in total. The fourth-order valence-electron chi connectivity index (χ4n) is 3.09. The van der Waals surface area contributed by atoms with Gasteiger partial charge < -0.3 is 11.1 Å². The molecule has 0 radical (unpaired) electrons. The minimum atomic E-state index is -0.684. The number of aryl methyl sites for hydroxylation is 3. The SMILES string of the molecule is Cc1cc(C)c(NC(=O)C2=NN(c3ccccc3)C(C(N)=O)C2)c(C)n1. The largest absolute Gasteiger partial charge is 0.368 e. The molecular weight excluding hydrogens is 330 g/mol. The molecule has 1 aliphatic heterocycles. The molecule has 2 heterocycles. The third kappa shape index (κ3) is 3.42. The maximum Gasteiger partial charge on any atom is 0.272 e. The Morgan fingerprint density at radius 1 is 1.19 bits per heavy atom. The second-order valence-corrected chi connectivity index (χ2v) is 6.34. The Labute approximate surface area is 151 Å². The number of carbonyl (C=O) groups excluding carboxylic acids is 2. The van der Waals surface area contributed by atoms with E-state index in [1.807, 2.05) is 57.2 Å². The van der Waals surface area contributed by atoms with Crippen molar-refractivity contribution in [3.63, 3.8) is 0 Å². The zero-order valence-corrected chi connectivity index (χ0v) is 15.0. The van der Waals surface area contributed by atoms with Gasteiger partial charge in [0, 0.05) is 12.1 Å². The van der Waals surface area contributed by atoms with Crippen molar-refractivity contribution in [2.24, 2.45) is 10.8 Å². The standard InChI is InChI=1S/C19H21N5O2/c1-11-9-12(2)21-13(3)17(11)22-19(26)15-10-16(18(20)25)24(23-15)14-7-5-4-6-8-14/h4-9,16H,10H2,1-3H3,(H2,20,25)(H,22,26). The van der Waals surface area contributed by atoms with Crippen molar-refractivity contribution >= 4 is 28.9 Å². The molecule has 134 valence electrons. The normalized spacial score (nSPS) is 16.3.